The van der Waals surface area contributed by atoms with E-state index in [4.69, 9.17) is 10.00 Å². The summed E-state index contributed by atoms with van der Waals surface area (Å²) in [5.41, 5.74) is 0.189. The lowest BCUT2D eigenvalue weighted by Gasteiger charge is -2.26. The summed E-state index contributed by atoms with van der Waals surface area (Å²) in [5.74, 6) is 0. The summed E-state index contributed by atoms with van der Waals surface area (Å²) in [6.07, 6.45) is 3.08. The molecular weight excluding hydrogens is 188 g/mol. The third kappa shape index (κ3) is 4.19. The third-order valence-corrected chi connectivity index (χ3v) is 3.00. The number of nitrogens with one attached hydrogen (secondary N) is 1. The fourth-order valence-electron chi connectivity index (χ4n) is 1.83. The topological polar surface area (TPSA) is 45.0 Å². The molecular formula is C12H22N2O. The van der Waals surface area contributed by atoms with Crippen LogP contribution in [0.1, 0.15) is 40.0 Å². The average Bonchev–Trinajstić information content (AvgIpc) is 2.85. The molecule has 0 radical (unpaired) electrons. The molecule has 0 unspecified atom stereocenters. The van der Waals surface area contributed by atoms with Gasteiger partial charge in [-0.05, 0) is 39.0 Å². The van der Waals surface area contributed by atoms with Crippen LogP contribution < -0.4 is 5.32 Å². The molecule has 0 atom stereocenters. The molecule has 0 heterocycles. The van der Waals surface area contributed by atoms with Crippen molar-refractivity contribution in [3.8, 4) is 6.07 Å². The predicted octanol–water partition coefficient (Wildman–Crippen LogP) is 2.08. The van der Waals surface area contributed by atoms with Gasteiger partial charge in [0, 0.05) is 26.1 Å². The standard InChI is InChI=1S/C12H22N2O/c1-4-15-11(2,3)9-14-10-12(5-6-12)7-8-13/h14H,4-7,9-10H2,1-3H3. The van der Waals surface area contributed by atoms with Crippen LogP contribution >= 0.6 is 0 Å². The summed E-state index contributed by atoms with van der Waals surface area (Å²) in [5, 5.41) is 12.1. The van der Waals surface area contributed by atoms with E-state index in [0.717, 1.165) is 19.7 Å². The molecule has 0 aliphatic heterocycles. The second kappa shape index (κ2) is 4.96. The fourth-order valence-corrected chi connectivity index (χ4v) is 1.83. The van der Waals surface area contributed by atoms with Crippen LogP contribution in [0.3, 0.4) is 0 Å². The Hall–Kier alpha value is -0.590. The first-order valence-corrected chi connectivity index (χ1v) is 5.75. The van der Waals surface area contributed by atoms with Gasteiger partial charge >= 0.3 is 0 Å². The van der Waals surface area contributed by atoms with Crippen molar-refractivity contribution in [2.24, 2.45) is 5.41 Å². The summed E-state index contributed by atoms with van der Waals surface area (Å²) in [6, 6.07) is 2.27. The summed E-state index contributed by atoms with van der Waals surface area (Å²) >= 11 is 0. The lowest BCUT2D eigenvalue weighted by atomic mass is 10.0. The van der Waals surface area contributed by atoms with Gasteiger partial charge in [0.2, 0.25) is 0 Å². The highest BCUT2D eigenvalue weighted by atomic mass is 16.5. The van der Waals surface area contributed by atoms with Gasteiger partial charge < -0.3 is 10.1 Å². The van der Waals surface area contributed by atoms with Gasteiger partial charge in [-0.15, -0.1) is 0 Å². The minimum absolute atomic E-state index is 0.0997. The highest BCUT2D eigenvalue weighted by Crippen LogP contribution is 2.47. The van der Waals surface area contributed by atoms with Crippen molar-refractivity contribution < 1.29 is 4.74 Å². The second-order valence-corrected chi connectivity index (χ2v) is 5.13. The Morgan fingerprint density at radius 2 is 2.13 bits per heavy atom. The molecule has 1 aliphatic carbocycles. The van der Waals surface area contributed by atoms with Crippen LogP contribution in [0.25, 0.3) is 0 Å². The van der Waals surface area contributed by atoms with Crippen LogP contribution in [0.2, 0.25) is 0 Å². The molecule has 0 amide bonds. The van der Waals surface area contributed by atoms with E-state index in [0.29, 0.717) is 6.42 Å². The van der Waals surface area contributed by atoms with Crippen molar-refractivity contribution in [1.29, 1.82) is 5.26 Å². The van der Waals surface area contributed by atoms with Crippen molar-refractivity contribution in [2.45, 2.75) is 45.6 Å². The lowest BCUT2D eigenvalue weighted by molar-refractivity contribution is -0.00937. The minimum Gasteiger partial charge on any atom is -0.375 e. The maximum absolute atomic E-state index is 8.68. The number of nitriles is 1. The number of ether oxygens (including phenoxy) is 1. The van der Waals surface area contributed by atoms with E-state index >= 15 is 0 Å². The van der Waals surface area contributed by atoms with Gasteiger partial charge in [-0.1, -0.05) is 0 Å². The molecule has 0 aromatic rings. The zero-order chi connectivity index (χ0) is 11.4. The van der Waals surface area contributed by atoms with Crippen LogP contribution in [-0.2, 0) is 4.74 Å². The van der Waals surface area contributed by atoms with Crippen LogP contribution in [0.4, 0.5) is 0 Å². The first kappa shape index (κ1) is 12.5. The van der Waals surface area contributed by atoms with E-state index in [-0.39, 0.29) is 11.0 Å². The third-order valence-electron chi connectivity index (χ3n) is 3.00. The first-order valence-electron chi connectivity index (χ1n) is 5.75. The van der Waals surface area contributed by atoms with E-state index < -0.39 is 0 Å². The van der Waals surface area contributed by atoms with Gasteiger partial charge in [-0.3, -0.25) is 0 Å². The molecule has 3 heteroatoms. The molecule has 1 saturated carbocycles. The highest BCUT2D eigenvalue weighted by molar-refractivity contribution is 5.00. The van der Waals surface area contributed by atoms with Crippen molar-refractivity contribution in [3.63, 3.8) is 0 Å². The second-order valence-electron chi connectivity index (χ2n) is 5.13. The van der Waals surface area contributed by atoms with E-state index in [1.54, 1.807) is 0 Å². The Kier molecular flexibility index (Phi) is 4.12. The van der Waals surface area contributed by atoms with Crippen LogP contribution in [0.15, 0.2) is 0 Å². The summed E-state index contributed by atoms with van der Waals surface area (Å²) in [6.45, 7) is 8.75. The molecule has 0 saturated heterocycles. The molecule has 1 N–H and O–H groups in total. The summed E-state index contributed by atoms with van der Waals surface area (Å²) in [7, 11) is 0. The highest BCUT2D eigenvalue weighted by Gasteiger charge is 2.42. The zero-order valence-corrected chi connectivity index (χ0v) is 10.1. The van der Waals surface area contributed by atoms with Gasteiger partial charge in [-0.2, -0.15) is 5.26 Å². The minimum atomic E-state index is -0.0997. The normalized spacial score (nSPS) is 18.5. The number of rotatable bonds is 7. The largest absolute Gasteiger partial charge is 0.375 e. The van der Waals surface area contributed by atoms with Gasteiger partial charge in [0.15, 0.2) is 0 Å². The van der Waals surface area contributed by atoms with E-state index in [1.807, 2.05) is 6.92 Å². The van der Waals surface area contributed by atoms with Crippen molar-refractivity contribution in [3.05, 3.63) is 0 Å². The summed E-state index contributed by atoms with van der Waals surface area (Å²) in [4.78, 5) is 0. The van der Waals surface area contributed by atoms with Crippen LogP contribution in [-0.4, -0.2) is 25.3 Å². The molecule has 0 aromatic heterocycles. The van der Waals surface area contributed by atoms with Gasteiger partial charge in [0.25, 0.3) is 0 Å². The van der Waals surface area contributed by atoms with E-state index in [9.17, 15) is 0 Å². The van der Waals surface area contributed by atoms with E-state index in [1.165, 1.54) is 12.8 Å². The van der Waals surface area contributed by atoms with Crippen LogP contribution in [0, 0.1) is 16.7 Å². The first-order chi connectivity index (χ1) is 7.04. The quantitative estimate of drug-likeness (QED) is 0.699. The van der Waals surface area contributed by atoms with Crippen molar-refractivity contribution in [1.82, 2.24) is 5.32 Å². The molecule has 0 spiro atoms. The van der Waals surface area contributed by atoms with Gasteiger partial charge in [0.05, 0.1) is 11.7 Å². The Bertz CT molecular complexity index is 238. The number of hydrogen-bond donors (Lipinski definition) is 1. The predicted molar refractivity (Wildman–Crippen MR) is 60.5 cm³/mol. The van der Waals surface area contributed by atoms with Crippen molar-refractivity contribution in [2.75, 3.05) is 19.7 Å². The van der Waals surface area contributed by atoms with Gasteiger partial charge in [0.1, 0.15) is 0 Å². The van der Waals surface area contributed by atoms with E-state index in [2.05, 4.69) is 25.2 Å². The summed E-state index contributed by atoms with van der Waals surface area (Å²) < 4.78 is 5.60. The lowest BCUT2D eigenvalue weighted by Crippen LogP contribution is -2.39. The Morgan fingerprint density at radius 1 is 1.47 bits per heavy atom. The smallest absolute Gasteiger partial charge is 0.0750 e. The van der Waals surface area contributed by atoms with Gasteiger partial charge in [-0.25, -0.2) is 0 Å². The average molecular weight is 210 g/mol. The Balaban J connectivity index is 2.19. The molecule has 15 heavy (non-hydrogen) atoms. The Labute approximate surface area is 92.8 Å². The zero-order valence-electron chi connectivity index (χ0n) is 10.1. The number of hydrogen-bond acceptors (Lipinski definition) is 3. The monoisotopic (exact) mass is 210 g/mol. The molecule has 1 aliphatic rings. The Morgan fingerprint density at radius 3 is 2.60 bits per heavy atom. The number of nitrogens with zero attached hydrogens (tertiary/aromatic N) is 1. The fraction of sp³-hybridized carbons (Fsp3) is 0.917. The SMILES string of the molecule is CCOC(C)(C)CNCC1(CC#N)CC1. The molecule has 1 fully saturated rings. The molecule has 0 aromatic carbocycles. The molecule has 0 bridgehead atoms. The molecule has 1 rings (SSSR count). The van der Waals surface area contributed by atoms with Crippen molar-refractivity contribution >= 4 is 0 Å². The molecule has 86 valence electrons. The maximum atomic E-state index is 8.68. The maximum Gasteiger partial charge on any atom is 0.0750 e. The molecule has 3 nitrogen and oxygen atoms in total. The van der Waals surface area contributed by atoms with Crippen LogP contribution in [0.5, 0.6) is 0 Å².